The Morgan fingerprint density at radius 1 is 1.19 bits per heavy atom. The van der Waals surface area contributed by atoms with Crippen LogP contribution in [0.4, 0.5) is 8.78 Å². The van der Waals surface area contributed by atoms with Gasteiger partial charge in [0.1, 0.15) is 0 Å². The molecule has 0 fully saturated rings. The van der Waals surface area contributed by atoms with Gasteiger partial charge in [-0.25, -0.2) is 4.99 Å². The van der Waals surface area contributed by atoms with E-state index in [-0.39, 0.29) is 49.9 Å². The number of hydrogen-bond acceptors (Lipinski definition) is 4. The van der Waals surface area contributed by atoms with E-state index in [1.807, 2.05) is 0 Å². The summed E-state index contributed by atoms with van der Waals surface area (Å²) in [4.78, 5) is 5.94. The quantitative estimate of drug-likeness (QED) is 0.117. The van der Waals surface area contributed by atoms with Gasteiger partial charge in [0.25, 0.3) is 0 Å². The van der Waals surface area contributed by atoms with E-state index in [1.165, 1.54) is 24.3 Å². The third-order valence-electron chi connectivity index (χ3n) is 3.87. The summed E-state index contributed by atoms with van der Waals surface area (Å²) in [6, 6.07) is 7.56. The third-order valence-corrected chi connectivity index (χ3v) is 6.97. The molecule has 0 unspecified atom stereocenters. The standard InChI is InChI=1S/C20H24F2IN4O3S/c1-13(12-26-20(24)25)9-14-10-17(21)19(18(22)11-14)30-15-3-5-16(6-4-15)31(28,29)27-8-7-23-2/h3-6,9-11,27H,7-8,12H2,1-2H3,(H4,24,25,26)/q-1/b13-9+. The zero-order valence-corrected chi connectivity index (χ0v) is 20.0. The Morgan fingerprint density at radius 3 is 2.35 bits per heavy atom. The monoisotopic (exact) mass is 565 g/mol. The maximum atomic E-state index is 14.4. The Balaban J connectivity index is 2.16. The molecule has 0 aliphatic rings. The number of aliphatic imine (C=N–C) groups is 1. The van der Waals surface area contributed by atoms with Gasteiger partial charge in [0.2, 0.25) is 0 Å². The number of nitrogens with one attached hydrogen (secondary N) is 1. The molecule has 0 aliphatic carbocycles. The molecule has 31 heavy (non-hydrogen) atoms. The molecule has 0 heterocycles. The van der Waals surface area contributed by atoms with E-state index < -0.39 is 27.4 Å². The molecule has 0 bridgehead atoms. The van der Waals surface area contributed by atoms with Gasteiger partial charge in [-0.15, -0.1) is 0 Å². The van der Waals surface area contributed by atoms with E-state index in [0.29, 0.717) is 12.1 Å². The first-order valence-electron chi connectivity index (χ1n) is 9.05. The van der Waals surface area contributed by atoms with Crippen molar-refractivity contribution in [2.24, 2.45) is 16.5 Å². The number of rotatable bonds is 10. The summed E-state index contributed by atoms with van der Waals surface area (Å²) >= 11 is -0.00812. The van der Waals surface area contributed by atoms with E-state index >= 15 is 0 Å². The molecule has 170 valence electrons. The van der Waals surface area contributed by atoms with E-state index in [1.54, 1.807) is 13.0 Å². The van der Waals surface area contributed by atoms with Crippen LogP contribution in [-0.2, 0) is 10.0 Å². The third kappa shape index (κ3) is 7.74. The Hall–Kier alpha value is -2.25. The molecule has 0 radical (unpaired) electrons. The first-order valence-corrected chi connectivity index (χ1v) is 14.2. The van der Waals surface area contributed by atoms with Crippen molar-refractivity contribution in [3.8, 4) is 11.5 Å². The van der Waals surface area contributed by atoms with Gasteiger partial charge in [-0.3, -0.25) is 0 Å². The molecular formula is C20H24F2IN4O3S-. The topological polar surface area (TPSA) is 120 Å². The van der Waals surface area contributed by atoms with E-state index in [0.717, 1.165) is 16.6 Å². The molecular weight excluding hydrogens is 541 g/mol. The van der Waals surface area contributed by atoms with Crippen LogP contribution in [0, 0.1) is 11.6 Å². The first kappa shape index (κ1) is 25.0. The van der Waals surface area contributed by atoms with Crippen molar-refractivity contribution in [1.82, 2.24) is 4.72 Å². The minimum atomic E-state index is -3.63. The zero-order valence-electron chi connectivity index (χ0n) is 17.0. The zero-order chi connectivity index (χ0) is 23.0. The predicted octanol–water partition coefficient (Wildman–Crippen LogP) is -0.569. The molecule has 5 N–H and O–H groups in total. The van der Waals surface area contributed by atoms with Crippen LogP contribution in [0.25, 0.3) is 6.08 Å². The number of alkyl halides is 2. The van der Waals surface area contributed by atoms with Gasteiger partial charge in [-0.1, -0.05) is 11.6 Å². The molecule has 0 atom stereocenters. The van der Waals surface area contributed by atoms with E-state index in [9.17, 15) is 17.2 Å². The van der Waals surface area contributed by atoms with Crippen LogP contribution < -0.4 is 42.1 Å². The predicted molar refractivity (Wildman–Crippen MR) is 113 cm³/mol. The molecule has 0 aliphatic heterocycles. The molecule has 2 rings (SSSR count). The molecule has 0 amide bonds. The summed E-state index contributed by atoms with van der Waals surface area (Å²) in [5.41, 5.74) is 11.5. The van der Waals surface area contributed by atoms with Gasteiger partial charge in [0.15, 0.2) is 5.96 Å². The first-order chi connectivity index (χ1) is 14.6. The van der Waals surface area contributed by atoms with Gasteiger partial charge in [-0.2, -0.15) is 0 Å². The fourth-order valence-corrected chi connectivity index (χ4v) is 4.67. The minimum absolute atomic E-state index is 0.00812. The average Bonchev–Trinajstić information content (AvgIpc) is 2.70. The van der Waals surface area contributed by atoms with Crippen LogP contribution in [-0.4, -0.2) is 36.8 Å². The molecule has 11 heteroatoms. The number of guanidine groups is 1. The summed E-state index contributed by atoms with van der Waals surface area (Å²) in [6.45, 7) is 2.31. The number of benzene rings is 2. The van der Waals surface area contributed by atoms with Crippen LogP contribution in [0.2, 0.25) is 0 Å². The van der Waals surface area contributed by atoms with Gasteiger partial charge in [0, 0.05) is 0 Å². The summed E-state index contributed by atoms with van der Waals surface area (Å²) < 4.78 is 61.9. The Morgan fingerprint density at radius 2 is 1.81 bits per heavy atom. The molecule has 2 aromatic rings. The number of nitrogens with zero attached hydrogens (tertiary/aromatic N) is 1. The molecule has 7 nitrogen and oxygen atoms in total. The fraction of sp³-hybridized carbons (Fsp3) is 0.250. The molecule has 2 aromatic carbocycles. The Labute approximate surface area is 190 Å². The maximum absolute atomic E-state index is 14.4. The van der Waals surface area contributed by atoms with E-state index in [2.05, 4.69) is 14.6 Å². The van der Waals surface area contributed by atoms with Crippen LogP contribution in [0.1, 0.15) is 12.5 Å². The second kappa shape index (κ2) is 11.4. The molecule has 0 saturated carbocycles. The number of hydrogen-bond donors (Lipinski definition) is 3. The van der Waals surface area contributed by atoms with Crippen LogP contribution in [0.5, 0.6) is 11.5 Å². The van der Waals surface area contributed by atoms with Crippen LogP contribution in [0.3, 0.4) is 0 Å². The van der Waals surface area contributed by atoms with Gasteiger partial charge in [0.05, 0.1) is 6.54 Å². The van der Waals surface area contributed by atoms with Crippen molar-refractivity contribution in [1.29, 1.82) is 0 Å². The van der Waals surface area contributed by atoms with Crippen LogP contribution >= 0.6 is 0 Å². The summed E-state index contributed by atoms with van der Waals surface area (Å²) in [5, 5.41) is 0. The molecule has 0 aromatic heterocycles. The molecule has 0 spiro atoms. The van der Waals surface area contributed by atoms with E-state index in [4.69, 9.17) is 16.2 Å². The van der Waals surface area contributed by atoms with Crippen molar-refractivity contribution in [2.45, 2.75) is 11.8 Å². The summed E-state index contributed by atoms with van der Waals surface area (Å²) in [5.74, 6) is -2.36. The van der Waals surface area contributed by atoms with Crippen molar-refractivity contribution in [3.63, 3.8) is 0 Å². The SMILES string of the molecule is C[I-]CCNS(=O)(=O)c1ccc(Oc2c(F)cc(/C=C(\C)CN=C(N)N)cc2F)cc1. The second-order valence-electron chi connectivity index (χ2n) is 6.47. The average molecular weight is 565 g/mol. The fourth-order valence-electron chi connectivity index (χ4n) is 2.46. The summed E-state index contributed by atoms with van der Waals surface area (Å²) in [7, 11) is -3.63. The summed E-state index contributed by atoms with van der Waals surface area (Å²) in [6.07, 6.45) is 1.55. The number of halogens is 3. The normalized spacial score (nSPS) is 12.1. The number of nitrogens with two attached hydrogens (primary N) is 2. The Kier molecular flexibility index (Phi) is 9.19. The van der Waals surface area contributed by atoms with Crippen molar-refractivity contribution >= 4 is 22.1 Å². The van der Waals surface area contributed by atoms with Crippen molar-refractivity contribution < 1.29 is 43.1 Å². The molecule has 0 saturated heterocycles. The van der Waals surface area contributed by atoms with Crippen molar-refractivity contribution in [3.05, 3.63) is 59.2 Å². The van der Waals surface area contributed by atoms with Gasteiger partial charge < -0.3 is 11.5 Å². The Bertz CT molecular complexity index is 1050. The number of sulfonamides is 1. The van der Waals surface area contributed by atoms with Gasteiger partial charge in [-0.05, 0) is 12.5 Å². The van der Waals surface area contributed by atoms with Crippen molar-refractivity contribution in [2.75, 3.05) is 22.4 Å². The second-order valence-corrected chi connectivity index (χ2v) is 10.8. The number of ether oxygens (including phenoxy) is 1. The van der Waals surface area contributed by atoms with Crippen LogP contribution in [0.15, 0.2) is 51.9 Å². The van der Waals surface area contributed by atoms with Gasteiger partial charge >= 0.3 is 138 Å².